The van der Waals surface area contributed by atoms with Gasteiger partial charge in [0.1, 0.15) is 0 Å². The number of carbonyl (C=O) groups excluding carboxylic acids is 1. The lowest BCUT2D eigenvalue weighted by Crippen LogP contribution is -2.34. The molecule has 1 aromatic carbocycles. The molecule has 6 nitrogen and oxygen atoms in total. The molecule has 23 heavy (non-hydrogen) atoms. The van der Waals surface area contributed by atoms with Gasteiger partial charge in [-0.2, -0.15) is 5.10 Å². The third kappa shape index (κ3) is 2.94. The number of likely N-dealkylation sites (tertiary alicyclic amines) is 1. The van der Waals surface area contributed by atoms with Crippen LogP contribution in [0.2, 0.25) is 5.02 Å². The molecule has 0 unspecified atom stereocenters. The molecule has 0 saturated carbocycles. The van der Waals surface area contributed by atoms with Crippen LogP contribution in [0.3, 0.4) is 0 Å². The normalized spacial score (nSPS) is 20.7. The maximum Gasteiger partial charge on any atom is 0.311 e. The van der Waals surface area contributed by atoms with Crippen LogP contribution in [0.25, 0.3) is 5.69 Å². The molecule has 0 aliphatic carbocycles. The Hall–Kier alpha value is -2.34. The number of carboxylic acid groups (broad SMARTS) is 1. The van der Waals surface area contributed by atoms with E-state index in [1.807, 2.05) is 0 Å². The molecule has 1 amide bonds. The monoisotopic (exact) mass is 333 g/mol. The first kappa shape index (κ1) is 15.6. The first-order valence-electron chi connectivity index (χ1n) is 7.22. The maximum absolute atomic E-state index is 12.5. The Balaban J connectivity index is 1.77. The summed E-state index contributed by atoms with van der Waals surface area (Å²) in [5.74, 6) is -1.07. The fraction of sp³-hybridized carbons (Fsp3) is 0.312. The number of carboxylic acids is 1. The quantitative estimate of drug-likeness (QED) is 0.936. The molecule has 2 aromatic rings. The molecule has 1 atom stereocenters. The van der Waals surface area contributed by atoms with Gasteiger partial charge in [0.15, 0.2) is 0 Å². The Morgan fingerprint density at radius 3 is 2.61 bits per heavy atom. The molecular formula is C16H16ClN3O3. The number of rotatable bonds is 3. The first-order valence-corrected chi connectivity index (χ1v) is 7.60. The van der Waals surface area contributed by atoms with Gasteiger partial charge in [-0.25, -0.2) is 4.68 Å². The van der Waals surface area contributed by atoms with Gasteiger partial charge in [0.2, 0.25) is 0 Å². The SMILES string of the molecule is C[C@@]1(C(=O)O)CCN(C(=O)c2cnn(-c3ccc(Cl)cc3)c2)C1. The third-order valence-corrected chi connectivity index (χ3v) is 4.45. The Kier molecular flexibility index (Phi) is 3.85. The van der Waals surface area contributed by atoms with E-state index in [1.165, 1.54) is 6.20 Å². The highest BCUT2D eigenvalue weighted by molar-refractivity contribution is 6.30. The van der Waals surface area contributed by atoms with Crippen LogP contribution in [0.1, 0.15) is 23.7 Å². The molecule has 1 fully saturated rings. The Labute approximate surface area is 138 Å². The highest BCUT2D eigenvalue weighted by Gasteiger charge is 2.42. The van der Waals surface area contributed by atoms with Gasteiger partial charge in [0.05, 0.1) is 22.9 Å². The second-order valence-corrected chi connectivity index (χ2v) is 6.43. The van der Waals surface area contributed by atoms with Crippen LogP contribution in [0.5, 0.6) is 0 Å². The van der Waals surface area contributed by atoms with Crippen LogP contribution >= 0.6 is 11.6 Å². The summed E-state index contributed by atoms with van der Waals surface area (Å²) in [6, 6.07) is 7.11. The van der Waals surface area contributed by atoms with Gasteiger partial charge in [-0.05, 0) is 37.6 Å². The van der Waals surface area contributed by atoms with Crippen molar-refractivity contribution in [1.29, 1.82) is 0 Å². The molecule has 1 aliphatic heterocycles. The van der Waals surface area contributed by atoms with Crippen molar-refractivity contribution < 1.29 is 14.7 Å². The summed E-state index contributed by atoms with van der Waals surface area (Å²) < 4.78 is 1.59. The van der Waals surface area contributed by atoms with Crippen molar-refractivity contribution in [2.24, 2.45) is 5.41 Å². The van der Waals surface area contributed by atoms with Crippen LogP contribution in [-0.4, -0.2) is 44.8 Å². The number of halogens is 1. The molecule has 7 heteroatoms. The second kappa shape index (κ2) is 5.70. The Morgan fingerprint density at radius 1 is 1.30 bits per heavy atom. The van der Waals surface area contributed by atoms with E-state index in [9.17, 15) is 14.7 Å². The molecule has 0 radical (unpaired) electrons. The molecule has 1 N–H and O–H groups in total. The fourth-order valence-corrected chi connectivity index (χ4v) is 2.79. The minimum Gasteiger partial charge on any atom is -0.481 e. The minimum atomic E-state index is -0.873. The summed E-state index contributed by atoms with van der Waals surface area (Å²) in [6.45, 7) is 2.32. The molecule has 3 rings (SSSR count). The van der Waals surface area contributed by atoms with Crippen molar-refractivity contribution >= 4 is 23.5 Å². The number of hydrogen-bond acceptors (Lipinski definition) is 3. The van der Waals surface area contributed by atoms with Crippen LogP contribution in [0.15, 0.2) is 36.7 Å². The zero-order valence-corrected chi connectivity index (χ0v) is 13.3. The van der Waals surface area contributed by atoms with Crippen molar-refractivity contribution in [2.45, 2.75) is 13.3 Å². The lowest BCUT2D eigenvalue weighted by Gasteiger charge is -2.19. The summed E-state index contributed by atoms with van der Waals surface area (Å²) in [5.41, 5.74) is 0.363. The molecule has 120 valence electrons. The fourth-order valence-electron chi connectivity index (χ4n) is 2.66. The van der Waals surface area contributed by atoms with Crippen molar-refractivity contribution in [1.82, 2.24) is 14.7 Å². The summed E-state index contributed by atoms with van der Waals surface area (Å²) >= 11 is 5.85. The zero-order valence-electron chi connectivity index (χ0n) is 12.6. The topological polar surface area (TPSA) is 75.4 Å². The lowest BCUT2D eigenvalue weighted by atomic mass is 9.90. The van der Waals surface area contributed by atoms with Crippen molar-refractivity contribution in [3.63, 3.8) is 0 Å². The van der Waals surface area contributed by atoms with E-state index in [2.05, 4.69) is 5.10 Å². The average Bonchev–Trinajstić information content (AvgIpc) is 3.15. The highest BCUT2D eigenvalue weighted by Crippen LogP contribution is 2.31. The van der Waals surface area contributed by atoms with Gasteiger partial charge >= 0.3 is 5.97 Å². The molecule has 2 heterocycles. The van der Waals surface area contributed by atoms with E-state index < -0.39 is 11.4 Å². The van der Waals surface area contributed by atoms with E-state index in [0.717, 1.165) is 5.69 Å². The number of hydrogen-bond donors (Lipinski definition) is 1. The summed E-state index contributed by atoms with van der Waals surface area (Å²) in [6.07, 6.45) is 3.59. The number of aromatic nitrogens is 2. The lowest BCUT2D eigenvalue weighted by molar-refractivity contribution is -0.147. The Bertz CT molecular complexity index is 756. The second-order valence-electron chi connectivity index (χ2n) is 5.99. The van der Waals surface area contributed by atoms with Crippen molar-refractivity contribution in [2.75, 3.05) is 13.1 Å². The predicted molar refractivity (Wildman–Crippen MR) is 84.8 cm³/mol. The van der Waals surface area contributed by atoms with E-state index >= 15 is 0 Å². The van der Waals surface area contributed by atoms with Crippen molar-refractivity contribution in [3.05, 3.63) is 47.2 Å². The maximum atomic E-state index is 12.5. The smallest absolute Gasteiger partial charge is 0.311 e. The van der Waals surface area contributed by atoms with E-state index in [1.54, 1.807) is 47.0 Å². The molecule has 0 bridgehead atoms. The van der Waals surface area contributed by atoms with Crippen LogP contribution in [0, 0.1) is 5.41 Å². The van der Waals surface area contributed by atoms with E-state index in [0.29, 0.717) is 23.6 Å². The number of amides is 1. The third-order valence-electron chi connectivity index (χ3n) is 4.20. The summed E-state index contributed by atoms with van der Waals surface area (Å²) in [4.78, 5) is 25.4. The molecule has 1 saturated heterocycles. The molecular weight excluding hydrogens is 318 g/mol. The summed E-state index contributed by atoms with van der Waals surface area (Å²) in [7, 11) is 0. The first-order chi connectivity index (χ1) is 10.9. The average molecular weight is 334 g/mol. The molecule has 0 spiro atoms. The summed E-state index contributed by atoms with van der Waals surface area (Å²) in [5, 5.41) is 14.1. The number of aliphatic carboxylic acids is 1. The standard InChI is InChI=1S/C16H16ClN3O3/c1-16(15(22)23)6-7-19(10-16)14(21)11-8-18-20(9-11)13-4-2-12(17)3-5-13/h2-5,8-9H,6-7,10H2,1H3,(H,22,23)/t16-/m1/s1. The van der Waals surface area contributed by atoms with Gasteiger partial charge in [-0.1, -0.05) is 11.6 Å². The number of nitrogens with zero attached hydrogens (tertiary/aromatic N) is 3. The van der Waals surface area contributed by atoms with Gasteiger partial charge in [-0.3, -0.25) is 9.59 Å². The van der Waals surface area contributed by atoms with Crippen LogP contribution in [0.4, 0.5) is 0 Å². The Morgan fingerprint density at radius 2 is 2.00 bits per heavy atom. The van der Waals surface area contributed by atoms with E-state index in [-0.39, 0.29) is 12.5 Å². The van der Waals surface area contributed by atoms with Gasteiger partial charge in [0.25, 0.3) is 5.91 Å². The number of benzene rings is 1. The van der Waals surface area contributed by atoms with Crippen LogP contribution < -0.4 is 0 Å². The predicted octanol–water partition coefficient (Wildman–Crippen LogP) is 2.46. The molecule has 1 aromatic heterocycles. The van der Waals surface area contributed by atoms with Gasteiger partial charge < -0.3 is 10.0 Å². The van der Waals surface area contributed by atoms with Crippen LogP contribution in [-0.2, 0) is 4.79 Å². The van der Waals surface area contributed by atoms with Crippen molar-refractivity contribution in [3.8, 4) is 5.69 Å². The largest absolute Gasteiger partial charge is 0.481 e. The van der Waals surface area contributed by atoms with E-state index in [4.69, 9.17) is 11.6 Å². The van der Waals surface area contributed by atoms with Gasteiger partial charge in [0, 0.05) is 24.3 Å². The number of carbonyl (C=O) groups is 2. The van der Waals surface area contributed by atoms with Gasteiger partial charge in [-0.15, -0.1) is 0 Å². The zero-order chi connectivity index (χ0) is 16.6. The highest BCUT2D eigenvalue weighted by atomic mass is 35.5. The minimum absolute atomic E-state index is 0.199. The molecule has 1 aliphatic rings.